The van der Waals surface area contributed by atoms with Gasteiger partial charge in [0.1, 0.15) is 0 Å². The van der Waals surface area contributed by atoms with Gasteiger partial charge in [0, 0.05) is 42.4 Å². The van der Waals surface area contributed by atoms with Crippen LogP contribution < -0.4 is 9.80 Å². The van der Waals surface area contributed by atoms with Crippen LogP contribution in [-0.4, -0.2) is 42.6 Å². The number of halogens is 1. The van der Waals surface area contributed by atoms with E-state index in [1.54, 1.807) is 31.2 Å². The number of imide groups is 1. The molecule has 0 spiro atoms. The van der Waals surface area contributed by atoms with Gasteiger partial charge in [-0.1, -0.05) is 17.7 Å². The highest BCUT2D eigenvalue weighted by Gasteiger charge is 2.56. The number of ketones is 2. The van der Waals surface area contributed by atoms with Crippen LogP contribution in [0.2, 0.25) is 0 Å². The van der Waals surface area contributed by atoms with Gasteiger partial charge in [0.15, 0.2) is 23.1 Å². The molecule has 236 valence electrons. The van der Waals surface area contributed by atoms with Gasteiger partial charge in [0.2, 0.25) is 11.8 Å². The molecule has 3 aromatic carbocycles. The zero-order chi connectivity index (χ0) is 33.1. The Morgan fingerprint density at radius 3 is 2.17 bits per heavy atom. The third-order valence-corrected chi connectivity index (χ3v) is 9.62. The maximum Gasteiger partial charge on any atom is 0.238 e. The molecule has 0 unspecified atom stereocenters. The van der Waals surface area contributed by atoms with E-state index in [1.165, 1.54) is 23.1 Å². The molecule has 0 bridgehead atoms. The number of aromatic hydroxyl groups is 1. The lowest BCUT2D eigenvalue weighted by Gasteiger charge is -2.42. The fraction of sp³-hybridized carbons (Fsp3) is 0.243. The normalized spacial score (nSPS) is 23.9. The van der Waals surface area contributed by atoms with Gasteiger partial charge in [0.05, 0.1) is 28.9 Å². The molecule has 0 aromatic heterocycles. The molecular weight excluding hydrogens is 599 g/mol. The smallest absolute Gasteiger partial charge is 0.238 e. The Morgan fingerprint density at radius 2 is 1.53 bits per heavy atom. The first-order valence-electron chi connectivity index (χ1n) is 15.4. The van der Waals surface area contributed by atoms with E-state index in [4.69, 9.17) is 0 Å². The zero-order valence-electron chi connectivity index (χ0n) is 26.0. The van der Waals surface area contributed by atoms with Crippen molar-refractivity contribution in [1.29, 1.82) is 0 Å². The minimum absolute atomic E-state index is 0.120. The number of phenols is 1. The van der Waals surface area contributed by atoms with Crippen molar-refractivity contribution in [1.82, 2.24) is 0 Å². The summed E-state index contributed by atoms with van der Waals surface area (Å²) in [5, 5.41) is 18.4. The van der Waals surface area contributed by atoms with Crippen molar-refractivity contribution in [2.24, 2.45) is 28.0 Å². The maximum atomic E-state index is 14.6. The van der Waals surface area contributed by atoms with Gasteiger partial charge in [-0.2, -0.15) is 10.2 Å². The molecule has 1 N–H and O–H groups in total. The molecule has 1 aliphatic heterocycles. The van der Waals surface area contributed by atoms with Crippen LogP contribution in [0.15, 0.2) is 111 Å². The van der Waals surface area contributed by atoms with Gasteiger partial charge in [-0.15, -0.1) is 0 Å². The summed E-state index contributed by atoms with van der Waals surface area (Å²) >= 11 is 0. The van der Waals surface area contributed by atoms with Crippen molar-refractivity contribution >= 4 is 46.1 Å². The molecule has 4 atom stereocenters. The van der Waals surface area contributed by atoms with Crippen molar-refractivity contribution in [3.05, 3.63) is 113 Å². The Hall–Kier alpha value is -5.51. The van der Waals surface area contributed by atoms with Crippen molar-refractivity contribution in [3.63, 3.8) is 0 Å². The number of fused-ring (bicyclic) bond motifs is 3. The van der Waals surface area contributed by atoms with E-state index in [0.717, 1.165) is 11.8 Å². The number of benzene rings is 3. The van der Waals surface area contributed by atoms with Crippen LogP contribution in [-0.2, 0) is 19.2 Å². The van der Waals surface area contributed by atoms with Crippen molar-refractivity contribution in [2.75, 3.05) is 23.9 Å². The van der Waals surface area contributed by atoms with Crippen LogP contribution in [0.5, 0.6) is 5.75 Å². The minimum atomic E-state index is -0.855. The summed E-state index contributed by atoms with van der Waals surface area (Å²) in [6, 6.07) is 18.2. The molecule has 47 heavy (non-hydrogen) atoms. The average Bonchev–Trinajstić information content (AvgIpc) is 3.32. The number of carbonyl (C=O) groups excluding carboxylic acids is 4. The Kier molecular flexibility index (Phi) is 7.30. The summed E-state index contributed by atoms with van der Waals surface area (Å²) in [6.07, 6.45) is 3.55. The number of azo groups is 1. The topological polar surface area (TPSA) is 120 Å². The Balaban J connectivity index is 1.19. The van der Waals surface area contributed by atoms with Crippen molar-refractivity contribution < 1.29 is 28.7 Å². The second-order valence-corrected chi connectivity index (χ2v) is 12.6. The quantitative estimate of drug-likeness (QED) is 0.146. The van der Waals surface area contributed by atoms with Crippen LogP contribution in [0.25, 0.3) is 0 Å². The number of nitrogens with zero attached hydrogens (tertiary/aromatic N) is 4. The highest BCUT2D eigenvalue weighted by atomic mass is 19.1. The Labute approximate surface area is 270 Å². The molecule has 0 saturated carbocycles. The van der Waals surface area contributed by atoms with Crippen LogP contribution in [0.1, 0.15) is 31.2 Å². The maximum absolute atomic E-state index is 14.6. The van der Waals surface area contributed by atoms with E-state index >= 15 is 0 Å². The number of phenolic OH excluding ortho intramolecular Hbond substituents is 1. The Morgan fingerprint density at radius 1 is 0.872 bits per heavy atom. The summed E-state index contributed by atoms with van der Waals surface area (Å²) < 4.78 is 14.6. The second-order valence-electron chi connectivity index (χ2n) is 12.6. The predicted octanol–water partition coefficient (Wildman–Crippen LogP) is 6.65. The summed E-state index contributed by atoms with van der Waals surface area (Å²) in [5.74, 6) is -5.49. The van der Waals surface area contributed by atoms with Crippen molar-refractivity contribution in [3.8, 4) is 5.75 Å². The number of anilines is 2. The van der Waals surface area contributed by atoms with Crippen molar-refractivity contribution in [2.45, 2.75) is 25.7 Å². The molecule has 4 aliphatic rings. The number of hydrogen-bond acceptors (Lipinski definition) is 8. The van der Waals surface area contributed by atoms with E-state index < -0.39 is 35.2 Å². The van der Waals surface area contributed by atoms with Gasteiger partial charge >= 0.3 is 0 Å². The van der Waals surface area contributed by atoms with Gasteiger partial charge < -0.3 is 10.0 Å². The first kappa shape index (κ1) is 30.2. The lowest BCUT2D eigenvalue weighted by molar-refractivity contribution is -0.123. The van der Waals surface area contributed by atoms with Crippen LogP contribution in [0.4, 0.5) is 27.1 Å². The number of allylic oxidation sites excluding steroid dienone is 6. The third-order valence-electron chi connectivity index (χ3n) is 9.62. The SMILES string of the molecule is CC1=CC(=O)C2=C(C1=O)[C@@H](c1ccc(O)c(F)c1)C1=CC[C@@H]3C(=O)N(c4ccc(N=Nc5ccc(N(C)C)cc5)cc4)C(=O)[C@@H]3[C@@H]1C2. The fourth-order valence-electron chi connectivity index (χ4n) is 7.30. The number of Topliss-reactive ketones (excluding diaryl/α,β-unsaturated/α-hetero) is 1. The summed E-state index contributed by atoms with van der Waals surface area (Å²) in [4.78, 5) is 57.9. The molecule has 10 heteroatoms. The van der Waals surface area contributed by atoms with Gasteiger partial charge in [-0.25, -0.2) is 4.39 Å². The zero-order valence-corrected chi connectivity index (χ0v) is 26.0. The monoisotopic (exact) mass is 630 g/mol. The van der Waals surface area contributed by atoms with E-state index in [0.29, 0.717) is 28.2 Å². The van der Waals surface area contributed by atoms with Crippen LogP contribution in [0.3, 0.4) is 0 Å². The van der Waals surface area contributed by atoms with E-state index in [9.17, 15) is 28.7 Å². The Bertz CT molecular complexity index is 1990. The molecular formula is C37H31FN4O5. The first-order chi connectivity index (χ1) is 22.5. The molecule has 1 heterocycles. The molecule has 9 nitrogen and oxygen atoms in total. The largest absolute Gasteiger partial charge is 0.505 e. The lowest BCUT2D eigenvalue weighted by atomic mass is 9.59. The lowest BCUT2D eigenvalue weighted by Crippen LogP contribution is -2.39. The van der Waals surface area contributed by atoms with E-state index in [1.807, 2.05) is 49.3 Å². The second kappa shape index (κ2) is 11.4. The van der Waals surface area contributed by atoms with E-state index in [-0.39, 0.29) is 52.9 Å². The van der Waals surface area contributed by atoms with Crippen LogP contribution >= 0.6 is 0 Å². The molecule has 3 aliphatic carbocycles. The van der Waals surface area contributed by atoms with Gasteiger partial charge in [0.25, 0.3) is 0 Å². The van der Waals surface area contributed by atoms with Crippen LogP contribution in [0, 0.1) is 23.6 Å². The molecule has 3 aromatic rings. The molecule has 2 amide bonds. The first-order valence-corrected chi connectivity index (χ1v) is 15.4. The summed E-state index contributed by atoms with van der Waals surface area (Å²) in [6.45, 7) is 1.57. The molecule has 1 fully saturated rings. The predicted molar refractivity (Wildman–Crippen MR) is 173 cm³/mol. The fourth-order valence-corrected chi connectivity index (χ4v) is 7.30. The molecule has 1 saturated heterocycles. The highest BCUT2D eigenvalue weighted by Crippen LogP contribution is 2.55. The number of hydrogen-bond donors (Lipinski definition) is 1. The average molecular weight is 631 g/mol. The molecule has 0 radical (unpaired) electrons. The minimum Gasteiger partial charge on any atom is -0.505 e. The van der Waals surface area contributed by atoms with E-state index in [2.05, 4.69) is 10.2 Å². The molecule has 7 rings (SSSR count). The standard InChI is InChI=1S/C37H31FN4O5/c1-19-16-31(44)28-18-27-25(32(34(28)35(19)45)20-4-15-30(43)29(38)17-20)13-14-26-33(27)37(47)42(36(26)46)24-11-7-22(8-12-24)40-39-21-5-9-23(10-6-21)41(2)3/h4-13,15-17,26-27,32-33,43H,14,18H2,1-3H3/t26-,27+,32-,33-/m0/s1. The number of amides is 2. The highest BCUT2D eigenvalue weighted by molar-refractivity contribution is 6.25. The van der Waals surface area contributed by atoms with Gasteiger partial charge in [-0.3, -0.25) is 24.1 Å². The number of carbonyl (C=O) groups is 4. The van der Waals surface area contributed by atoms with Gasteiger partial charge in [-0.05, 0) is 98.0 Å². The number of rotatable bonds is 5. The summed E-state index contributed by atoms with van der Waals surface area (Å²) in [7, 11) is 3.91. The third kappa shape index (κ3) is 5.00. The summed E-state index contributed by atoms with van der Waals surface area (Å²) in [5.41, 5.74) is 4.62.